The molecule has 0 fully saturated rings. The summed E-state index contributed by atoms with van der Waals surface area (Å²) in [5.74, 6) is 0. The van der Waals surface area contributed by atoms with E-state index in [-0.39, 0.29) is 0 Å². The van der Waals surface area contributed by atoms with Gasteiger partial charge in [-0.2, -0.15) is 4.74 Å². The Morgan fingerprint density at radius 3 is 2.09 bits per heavy atom. The van der Waals surface area contributed by atoms with Crippen LogP contribution in [-0.4, -0.2) is 21.2 Å². The lowest BCUT2D eigenvalue weighted by atomic mass is 9.96. The number of hydrogen-bond donors (Lipinski definition) is 1. The van der Waals surface area contributed by atoms with Crippen LogP contribution in [-0.2, 0) is 0 Å². The molecular formula is C18H22N2O2. The molecule has 0 unspecified atom stereocenters. The second-order valence-electron chi connectivity index (χ2n) is 6.00. The van der Waals surface area contributed by atoms with Gasteiger partial charge in [-0.1, -0.05) is 36.4 Å². The fraction of sp³-hybridized carbons (Fsp3) is 0.278. The van der Waals surface area contributed by atoms with Crippen LogP contribution in [0.1, 0.15) is 27.2 Å². The van der Waals surface area contributed by atoms with Gasteiger partial charge in [0.15, 0.2) is 5.71 Å². The summed E-state index contributed by atoms with van der Waals surface area (Å²) in [7, 11) is 0. The summed E-state index contributed by atoms with van der Waals surface area (Å²) in [6, 6.07) is 18.4. The first-order valence-corrected chi connectivity index (χ1v) is 7.31. The minimum Gasteiger partial charge on any atom is -0.618 e. The summed E-state index contributed by atoms with van der Waals surface area (Å²) in [5.41, 5.74) is 1.35. The molecule has 116 valence electrons. The van der Waals surface area contributed by atoms with Gasteiger partial charge in [0.05, 0.1) is 17.6 Å². The summed E-state index contributed by atoms with van der Waals surface area (Å²) in [5, 5.41) is 24.0. The fourth-order valence-corrected chi connectivity index (χ4v) is 2.48. The number of hydroxylamine groups is 1. The van der Waals surface area contributed by atoms with Crippen LogP contribution >= 0.6 is 0 Å². The third-order valence-electron chi connectivity index (χ3n) is 3.60. The van der Waals surface area contributed by atoms with Crippen LogP contribution in [0, 0.1) is 5.21 Å². The third-order valence-corrected chi connectivity index (χ3v) is 3.60. The van der Waals surface area contributed by atoms with Crippen molar-refractivity contribution in [3.05, 3.63) is 65.9 Å². The zero-order valence-electron chi connectivity index (χ0n) is 13.2. The summed E-state index contributed by atoms with van der Waals surface area (Å²) >= 11 is 0. The molecule has 0 saturated carbocycles. The van der Waals surface area contributed by atoms with E-state index >= 15 is 0 Å². The van der Waals surface area contributed by atoms with Crippen molar-refractivity contribution in [3.8, 4) is 0 Å². The van der Waals surface area contributed by atoms with Crippen molar-refractivity contribution < 1.29 is 9.95 Å². The van der Waals surface area contributed by atoms with E-state index in [0.717, 1.165) is 4.74 Å². The van der Waals surface area contributed by atoms with Crippen LogP contribution in [0.25, 0.3) is 0 Å². The molecular weight excluding hydrogens is 276 g/mol. The number of benzene rings is 2. The molecule has 4 nitrogen and oxygen atoms in total. The van der Waals surface area contributed by atoms with Gasteiger partial charge in [0.1, 0.15) is 0 Å². The van der Waals surface area contributed by atoms with Gasteiger partial charge < -0.3 is 5.21 Å². The van der Waals surface area contributed by atoms with Crippen LogP contribution in [0.5, 0.6) is 0 Å². The molecule has 0 saturated heterocycles. The second kappa shape index (κ2) is 6.62. The van der Waals surface area contributed by atoms with Gasteiger partial charge in [0, 0.05) is 19.1 Å². The van der Waals surface area contributed by atoms with E-state index < -0.39 is 5.54 Å². The number of anilines is 1. The number of para-hydroxylation sites is 2. The molecule has 22 heavy (non-hydrogen) atoms. The highest BCUT2D eigenvalue weighted by Gasteiger charge is 2.29. The Hall–Kier alpha value is -2.33. The van der Waals surface area contributed by atoms with Gasteiger partial charge in [0.2, 0.25) is 5.69 Å². The van der Waals surface area contributed by atoms with E-state index in [1.165, 1.54) is 5.06 Å². The summed E-state index contributed by atoms with van der Waals surface area (Å²) in [6.45, 7) is 5.60. The van der Waals surface area contributed by atoms with Crippen molar-refractivity contribution in [2.24, 2.45) is 0 Å². The van der Waals surface area contributed by atoms with Gasteiger partial charge in [-0.3, -0.25) is 10.3 Å². The summed E-state index contributed by atoms with van der Waals surface area (Å²) in [4.78, 5) is 0. The molecule has 0 aliphatic heterocycles. The van der Waals surface area contributed by atoms with Crippen LogP contribution in [0.15, 0.2) is 60.7 Å². The third kappa shape index (κ3) is 3.65. The Kier molecular flexibility index (Phi) is 4.83. The first-order valence-electron chi connectivity index (χ1n) is 7.31. The smallest absolute Gasteiger partial charge is 0.216 e. The Labute approximate surface area is 131 Å². The van der Waals surface area contributed by atoms with Gasteiger partial charge in [0.25, 0.3) is 0 Å². The Bertz CT molecular complexity index is 637. The van der Waals surface area contributed by atoms with Gasteiger partial charge in [-0.15, -0.1) is 0 Å². The van der Waals surface area contributed by atoms with Crippen molar-refractivity contribution >= 4 is 17.1 Å². The van der Waals surface area contributed by atoms with E-state index in [2.05, 4.69) is 0 Å². The topological polar surface area (TPSA) is 49.5 Å². The maximum Gasteiger partial charge on any atom is 0.216 e. The quantitative estimate of drug-likeness (QED) is 0.386. The van der Waals surface area contributed by atoms with Crippen LogP contribution < -0.4 is 5.06 Å². The van der Waals surface area contributed by atoms with Crippen molar-refractivity contribution in [3.63, 3.8) is 0 Å². The molecule has 4 heteroatoms. The SMILES string of the molecule is C/C(CC(C)(C)N(O)c1ccccc1)=[N+](/[O-])c1ccccc1. The van der Waals surface area contributed by atoms with Crippen molar-refractivity contribution in [2.75, 3.05) is 5.06 Å². The molecule has 0 atom stereocenters. The molecule has 2 aromatic carbocycles. The van der Waals surface area contributed by atoms with E-state index in [1.54, 1.807) is 19.1 Å². The zero-order valence-corrected chi connectivity index (χ0v) is 13.2. The summed E-state index contributed by atoms with van der Waals surface area (Å²) in [6.07, 6.45) is 0.441. The number of nitrogens with zero attached hydrogens (tertiary/aromatic N) is 2. The van der Waals surface area contributed by atoms with Crippen LogP contribution in [0.4, 0.5) is 11.4 Å². The lowest BCUT2D eigenvalue weighted by Gasteiger charge is -2.34. The first kappa shape index (κ1) is 16.0. The van der Waals surface area contributed by atoms with Crippen LogP contribution in [0.3, 0.4) is 0 Å². The Balaban J connectivity index is 2.21. The molecule has 0 radical (unpaired) electrons. The molecule has 0 aliphatic rings. The molecule has 2 aromatic rings. The maximum absolute atomic E-state index is 12.4. The van der Waals surface area contributed by atoms with Crippen molar-refractivity contribution in [1.82, 2.24) is 0 Å². The predicted molar refractivity (Wildman–Crippen MR) is 89.8 cm³/mol. The first-order chi connectivity index (χ1) is 10.4. The van der Waals surface area contributed by atoms with Crippen molar-refractivity contribution in [1.29, 1.82) is 0 Å². The molecule has 0 spiro atoms. The van der Waals surface area contributed by atoms with E-state index in [9.17, 15) is 10.4 Å². The van der Waals surface area contributed by atoms with Gasteiger partial charge >= 0.3 is 0 Å². The number of rotatable bonds is 5. The lowest BCUT2D eigenvalue weighted by Crippen LogP contribution is -2.43. The second-order valence-corrected chi connectivity index (χ2v) is 6.00. The normalized spacial score (nSPS) is 12.7. The number of hydrogen-bond acceptors (Lipinski definition) is 3. The van der Waals surface area contributed by atoms with E-state index in [1.807, 2.05) is 62.4 Å². The largest absolute Gasteiger partial charge is 0.618 e. The van der Waals surface area contributed by atoms with Crippen LogP contribution in [0.2, 0.25) is 0 Å². The predicted octanol–water partition coefficient (Wildman–Crippen LogP) is 4.35. The summed E-state index contributed by atoms with van der Waals surface area (Å²) < 4.78 is 0.917. The monoisotopic (exact) mass is 298 g/mol. The lowest BCUT2D eigenvalue weighted by molar-refractivity contribution is -0.363. The highest BCUT2D eigenvalue weighted by Crippen LogP contribution is 2.25. The standard InChI is InChI=1S/C18H22N2O2/c1-15(19(21)16-10-6-4-7-11-16)14-18(2,3)20(22)17-12-8-5-9-13-17/h4-13,22H,14H2,1-3H3/b19-15-. The molecule has 0 heterocycles. The van der Waals surface area contributed by atoms with Crippen molar-refractivity contribution in [2.45, 2.75) is 32.7 Å². The van der Waals surface area contributed by atoms with E-state index in [4.69, 9.17) is 0 Å². The molecule has 0 amide bonds. The molecule has 0 aliphatic carbocycles. The minimum atomic E-state index is -0.594. The average Bonchev–Trinajstić information content (AvgIpc) is 2.54. The molecule has 0 bridgehead atoms. The zero-order chi connectivity index (χ0) is 16.2. The Morgan fingerprint density at radius 1 is 1.05 bits per heavy atom. The highest BCUT2D eigenvalue weighted by molar-refractivity contribution is 5.80. The fourth-order valence-electron chi connectivity index (χ4n) is 2.48. The molecule has 1 N–H and O–H groups in total. The average molecular weight is 298 g/mol. The van der Waals surface area contributed by atoms with E-state index in [0.29, 0.717) is 23.5 Å². The molecule has 2 rings (SSSR count). The van der Waals surface area contributed by atoms with Gasteiger partial charge in [-0.05, 0) is 26.0 Å². The molecule has 0 aromatic heterocycles. The maximum atomic E-state index is 12.4. The highest BCUT2D eigenvalue weighted by atomic mass is 16.5. The Morgan fingerprint density at radius 2 is 1.55 bits per heavy atom. The minimum absolute atomic E-state index is 0.441. The van der Waals surface area contributed by atoms with Gasteiger partial charge in [-0.25, -0.2) is 0 Å².